The number of hydrogen-bond donors (Lipinski definition) is 2. The van der Waals surface area contributed by atoms with Crippen LogP contribution in [0.1, 0.15) is 32.1 Å². The van der Waals surface area contributed by atoms with Gasteiger partial charge in [-0.05, 0) is 43.9 Å². The molecule has 0 saturated heterocycles. The Labute approximate surface area is 119 Å². The molecule has 0 heterocycles. The molecule has 0 aliphatic heterocycles. The number of urea groups is 1. The van der Waals surface area contributed by atoms with Crippen LogP contribution in [0.3, 0.4) is 0 Å². The van der Waals surface area contributed by atoms with Crippen LogP contribution in [-0.2, 0) is 4.79 Å². The standard InChI is InChI=1S/C15H22N2O3/c1-2-7-17(11-5-6-11)15(20)16-13-10-4-3-9(8-10)12(13)14(18)19/h2,9-13H,1,3-8H2,(H,16,20)(H,18,19). The number of aliphatic carboxylic acids is 1. The van der Waals surface area contributed by atoms with E-state index in [1.54, 1.807) is 11.0 Å². The van der Waals surface area contributed by atoms with E-state index >= 15 is 0 Å². The highest BCUT2D eigenvalue weighted by Crippen LogP contribution is 2.48. The van der Waals surface area contributed by atoms with E-state index in [1.807, 2.05) is 0 Å². The summed E-state index contributed by atoms with van der Waals surface area (Å²) in [6.07, 6.45) is 6.80. The quantitative estimate of drug-likeness (QED) is 0.754. The molecular formula is C15H22N2O3. The van der Waals surface area contributed by atoms with Gasteiger partial charge in [-0.25, -0.2) is 4.79 Å². The smallest absolute Gasteiger partial charge is 0.318 e. The van der Waals surface area contributed by atoms with Crippen LogP contribution in [0, 0.1) is 17.8 Å². The van der Waals surface area contributed by atoms with Crippen molar-refractivity contribution in [1.29, 1.82) is 0 Å². The minimum absolute atomic E-state index is 0.115. The Morgan fingerprint density at radius 3 is 2.55 bits per heavy atom. The fourth-order valence-electron chi connectivity index (χ4n) is 4.00. The largest absolute Gasteiger partial charge is 0.481 e. The number of nitrogens with one attached hydrogen (secondary N) is 1. The minimum Gasteiger partial charge on any atom is -0.481 e. The lowest BCUT2D eigenvalue weighted by atomic mass is 9.84. The molecule has 5 heteroatoms. The third kappa shape index (κ3) is 2.30. The van der Waals surface area contributed by atoms with Crippen molar-refractivity contribution in [3.05, 3.63) is 12.7 Å². The maximum Gasteiger partial charge on any atom is 0.318 e. The number of rotatable bonds is 5. The molecule has 110 valence electrons. The molecule has 5 nitrogen and oxygen atoms in total. The second kappa shape index (κ2) is 5.11. The molecule has 0 radical (unpaired) electrons. The molecule has 3 aliphatic rings. The van der Waals surface area contributed by atoms with E-state index in [0.29, 0.717) is 18.5 Å². The molecule has 3 rings (SSSR count). The monoisotopic (exact) mass is 278 g/mol. The van der Waals surface area contributed by atoms with Crippen molar-refractivity contribution in [2.75, 3.05) is 6.54 Å². The van der Waals surface area contributed by atoms with Gasteiger partial charge >= 0.3 is 12.0 Å². The molecule has 4 unspecified atom stereocenters. The van der Waals surface area contributed by atoms with Gasteiger partial charge < -0.3 is 15.3 Å². The van der Waals surface area contributed by atoms with E-state index < -0.39 is 11.9 Å². The normalized spacial score (nSPS) is 34.8. The van der Waals surface area contributed by atoms with Crippen molar-refractivity contribution in [1.82, 2.24) is 10.2 Å². The van der Waals surface area contributed by atoms with Crippen LogP contribution in [0.2, 0.25) is 0 Å². The number of nitrogens with zero attached hydrogens (tertiary/aromatic N) is 1. The van der Waals surface area contributed by atoms with Crippen molar-refractivity contribution in [3.63, 3.8) is 0 Å². The fraction of sp³-hybridized carbons (Fsp3) is 0.733. The summed E-state index contributed by atoms with van der Waals surface area (Å²) in [6.45, 7) is 4.23. The van der Waals surface area contributed by atoms with Gasteiger partial charge in [0, 0.05) is 18.6 Å². The number of amides is 2. The van der Waals surface area contributed by atoms with Gasteiger partial charge in [0.1, 0.15) is 0 Å². The first kappa shape index (κ1) is 13.5. The Kier molecular flexibility index (Phi) is 3.44. The van der Waals surface area contributed by atoms with Gasteiger partial charge in [0.25, 0.3) is 0 Å². The first-order valence-electron chi connectivity index (χ1n) is 7.52. The summed E-state index contributed by atoms with van der Waals surface area (Å²) in [5.74, 6) is -0.571. The molecule has 0 spiro atoms. The van der Waals surface area contributed by atoms with Crippen molar-refractivity contribution < 1.29 is 14.7 Å². The topological polar surface area (TPSA) is 69.6 Å². The molecule has 3 saturated carbocycles. The van der Waals surface area contributed by atoms with Gasteiger partial charge in [-0.15, -0.1) is 6.58 Å². The maximum atomic E-state index is 12.4. The van der Waals surface area contributed by atoms with Crippen LogP contribution in [0.15, 0.2) is 12.7 Å². The third-order valence-electron chi connectivity index (χ3n) is 5.07. The average Bonchev–Trinajstić information content (AvgIpc) is 3.04. The summed E-state index contributed by atoms with van der Waals surface area (Å²) in [6, 6.07) is 0.0101. The van der Waals surface area contributed by atoms with Gasteiger partial charge in [0.2, 0.25) is 0 Å². The molecule has 4 atom stereocenters. The van der Waals surface area contributed by atoms with Crippen LogP contribution in [0.25, 0.3) is 0 Å². The number of fused-ring (bicyclic) bond motifs is 2. The first-order valence-corrected chi connectivity index (χ1v) is 7.52. The van der Waals surface area contributed by atoms with Gasteiger partial charge in [-0.3, -0.25) is 4.79 Å². The molecule has 0 aromatic heterocycles. The van der Waals surface area contributed by atoms with Crippen molar-refractivity contribution in [2.45, 2.75) is 44.2 Å². The van der Waals surface area contributed by atoms with Crippen LogP contribution in [-0.4, -0.2) is 40.6 Å². The molecular weight excluding hydrogens is 256 g/mol. The van der Waals surface area contributed by atoms with Crippen molar-refractivity contribution >= 4 is 12.0 Å². The summed E-state index contributed by atoms with van der Waals surface area (Å²) >= 11 is 0. The molecule has 2 N–H and O–H groups in total. The predicted molar refractivity (Wildman–Crippen MR) is 74.2 cm³/mol. The highest BCUT2D eigenvalue weighted by atomic mass is 16.4. The highest BCUT2D eigenvalue weighted by Gasteiger charge is 2.52. The Balaban J connectivity index is 1.68. The summed E-state index contributed by atoms with van der Waals surface area (Å²) in [5, 5.41) is 12.4. The van der Waals surface area contributed by atoms with E-state index in [4.69, 9.17) is 0 Å². The predicted octanol–water partition coefficient (Wildman–Crippen LogP) is 1.85. The zero-order chi connectivity index (χ0) is 14.3. The molecule has 20 heavy (non-hydrogen) atoms. The molecule has 0 aromatic rings. The number of carboxylic acids is 1. The van der Waals surface area contributed by atoms with Crippen LogP contribution >= 0.6 is 0 Å². The van der Waals surface area contributed by atoms with Gasteiger partial charge in [-0.1, -0.05) is 6.08 Å². The lowest BCUT2D eigenvalue weighted by Crippen LogP contribution is -2.52. The number of carbonyl (C=O) groups is 2. The summed E-state index contributed by atoms with van der Waals surface area (Å²) in [4.78, 5) is 25.6. The first-order chi connectivity index (χ1) is 9.61. The van der Waals surface area contributed by atoms with Crippen LogP contribution in [0.5, 0.6) is 0 Å². The summed E-state index contributed by atoms with van der Waals surface area (Å²) < 4.78 is 0. The van der Waals surface area contributed by atoms with Crippen molar-refractivity contribution in [2.24, 2.45) is 17.8 Å². The van der Waals surface area contributed by atoms with Gasteiger partial charge in [0.15, 0.2) is 0 Å². The van der Waals surface area contributed by atoms with Gasteiger partial charge in [0.05, 0.1) is 5.92 Å². The van der Waals surface area contributed by atoms with E-state index in [1.165, 1.54) is 0 Å². The lowest BCUT2D eigenvalue weighted by Gasteiger charge is -2.31. The van der Waals surface area contributed by atoms with Crippen molar-refractivity contribution in [3.8, 4) is 0 Å². The molecule has 0 aromatic carbocycles. The van der Waals surface area contributed by atoms with Crippen LogP contribution < -0.4 is 5.32 Å². The lowest BCUT2D eigenvalue weighted by molar-refractivity contribution is -0.144. The Morgan fingerprint density at radius 1 is 1.25 bits per heavy atom. The van der Waals surface area contributed by atoms with Crippen LogP contribution in [0.4, 0.5) is 4.79 Å². The second-order valence-electron chi connectivity index (χ2n) is 6.34. The number of carbonyl (C=O) groups excluding carboxylic acids is 1. The molecule has 3 fully saturated rings. The third-order valence-corrected chi connectivity index (χ3v) is 5.07. The maximum absolute atomic E-state index is 12.4. The van der Waals surface area contributed by atoms with E-state index in [-0.39, 0.29) is 18.0 Å². The van der Waals surface area contributed by atoms with Gasteiger partial charge in [-0.2, -0.15) is 0 Å². The molecule has 2 bridgehead atoms. The minimum atomic E-state index is -0.760. The fourth-order valence-corrected chi connectivity index (χ4v) is 4.00. The SMILES string of the molecule is C=CCN(C(=O)NC1C2CCC(C2)C1C(=O)O)C1CC1. The second-order valence-corrected chi connectivity index (χ2v) is 6.34. The zero-order valence-corrected chi connectivity index (χ0v) is 11.6. The molecule has 2 amide bonds. The average molecular weight is 278 g/mol. The Morgan fingerprint density at radius 2 is 1.95 bits per heavy atom. The number of hydrogen-bond acceptors (Lipinski definition) is 2. The highest BCUT2D eigenvalue weighted by molar-refractivity contribution is 5.78. The number of carboxylic acid groups (broad SMARTS) is 1. The van der Waals surface area contributed by atoms with E-state index in [0.717, 1.165) is 32.1 Å². The molecule has 3 aliphatic carbocycles. The zero-order valence-electron chi connectivity index (χ0n) is 11.6. The Hall–Kier alpha value is -1.52. The summed E-state index contributed by atoms with van der Waals surface area (Å²) in [7, 11) is 0. The Bertz CT molecular complexity index is 433. The van der Waals surface area contributed by atoms with E-state index in [2.05, 4.69) is 11.9 Å². The summed E-state index contributed by atoms with van der Waals surface area (Å²) in [5.41, 5.74) is 0. The van der Waals surface area contributed by atoms with E-state index in [9.17, 15) is 14.7 Å².